The minimum absolute atomic E-state index is 0.00657. The number of nitrogen functional groups attached to an aromatic ring is 1. The van der Waals surface area contributed by atoms with Gasteiger partial charge in [0.1, 0.15) is 10.7 Å². The molecule has 0 aliphatic rings. The normalized spacial score (nSPS) is 11.3. The molecule has 2 aromatic rings. The SMILES string of the molecule is Nc1ccc(S(=O)(=O)Nc2ccc(F)cc2Cl)c(Br)c1. The summed E-state index contributed by atoms with van der Waals surface area (Å²) in [5.74, 6) is -0.549. The van der Waals surface area contributed by atoms with Crippen LogP contribution in [0.25, 0.3) is 0 Å². The van der Waals surface area contributed by atoms with Crippen molar-refractivity contribution in [3.05, 3.63) is 51.7 Å². The van der Waals surface area contributed by atoms with Crippen LogP contribution in [-0.4, -0.2) is 8.42 Å². The molecule has 2 rings (SSSR count). The Morgan fingerprint density at radius 3 is 2.50 bits per heavy atom. The van der Waals surface area contributed by atoms with Crippen LogP contribution in [0.1, 0.15) is 0 Å². The van der Waals surface area contributed by atoms with Crippen LogP contribution in [-0.2, 0) is 10.0 Å². The van der Waals surface area contributed by atoms with E-state index in [9.17, 15) is 12.8 Å². The summed E-state index contributed by atoms with van der Waals surface area (Å²) in [6.45, 7) is 0. The van der Waals surface area contributed by atoms with Crippen LogP contribution < -0.4 is 10.5 Å². The molecule has 8 heteroatoms. The molecule has 0 aromatic heterocycles. The Labute approximate surface area is 128 Å². The van der Waals surface area contributed by atoms with Gasteiger partial charge in [0, 0.05) is 10.2 Å². The van der Waals surface area contributed by atoms with Gasteiger partial charge in [-0.25, -0.2) is 12.8 Å². The summed E-state index contributed by atoms with van der Waals surface area (Å²) in [7, 11) is -3.86. The van der Waals surface area contributed by atoms with Gasteiger partial charge in [-0.1, -0.05) is 11.6 Å². The molecule has 0 saturated carbocycles. The minimum Gasteiger partial charge on any atom is -0.399 e. The van der Waals surface area contributed by atoms with E-state index in [1.807, 2.05) is 0 Å². The highest BCUT2D eigenvalue weighted by molar-refractivity contribution is 9.10. The van der Waals surface area contributed by atoms with Crippen LogP contribution in [0.5, 0.6) is 0 Å². The van der Waals surface area contributed by atoms with E-state index in [1.54, 1.807) is 0 Å². The van der Waals surface area contributed by atoms with Crippen molar-refractivity contribution in [2.24, 2.45) is 0 Å². The Hall–Kier alpha value is -1.31. The fourth-order valence-electron chi connectivity index (χ4n) is 1.51. The second-order valence-electron chi connectivity index (χ2n) is 3.92. The lowest BCUT2D eigenvalue weighted by Crippen LogP contribution is -2.14. The zero-order chi connectivity index (χ0) is 14.9. The molecule has 2 aromatic carbocycles. The highest BCUT2D eigenvalue weighted by atomic mass is 79.9. The standard InChI is InChI=1S/C12H9BrClFN2O2S/c13-9-6-8(16)2-4-12(9)20(18,19)17-11-3-1-7(15)5-10(11)14/h1-6,17H,16H2. The zero-order valence-electron chi connectivity index (χ0n) is 9.90. The molecule has 0 aliphatic heterocycles. The maximum atomic E-state index is 12.9. The van der Waals surface area contributed by atoms with Crippen LogP contribution in [0.15, 0.2) is 45.8 Å². The summed E-state index contributed by atoms with van der Waals surface area (Å²) in [6, 6.07) is 7.69. The molecule has 0 unspecified atom stereocenters. The van der Waals surface area contributed by atoms with Gasteiger partial charge in [-0.05, 0) is 52.3 Å². The van der Waals surface area contributed by atoms with Crippen LogP contribution >= 0.6 is 27.5 Å². The average molecular weight is 380 g/mol. The predicted octanol–water partition coefficient (Wildman–Crippen LogP) is 3.62. The summed E-state index contributed by atoms with van der Waals surface area (Å²) in [6.07, 6.45) is 0. The van der Waals surface area contributed by atoms with E-state index in [4.69, 9.17) is 17.3 Å². The summed E-state index contributed by atoms with van der Waals surface area (Å²) >= 11 is 8.92. The third-order valence-corrected chi connectivity index (χ3v) is 5.08. The fraction of sp³-hybridized carbons (Fsp3) is 0. The molecule has 0 bridgehead atoms. The highest BCUT2D eigenvalue weighted by Gasteiger charge is 2.19. The van der Waals surface area contributed by atoms with Crippen LogP contribution in [0.2, 0.25) is 5.02 Å². The molecule has 106 valence electrons. The maximum absolute atomic E-state index is 12.9. The van der Waals surface area contributed by atoms with E-state index < -0.39 is 15.8 Å². The smallest absolute Gasteiger partial charge is 0.263 e. The van der Waals surface area contributed by atoms with Gasteiger partial charge in [0.2, 0.25) is 0 Å². The molecule has 0 spiro atoms. The number of anilines is 2. The number of hydrogen-bond acceptors (Lipinski definition) is 3. The monoisotopic (exact) mass is 378 g/mol. The third-order valence-electron chi connectivity index (χ3n) is 2.42. The van der Waals surface area contributed by atoms with Crippen LogP contribution in [0, 0.1) is 5.82 Å². The molecule has 20 heavy (non-hydrogen) atoms. The van der Waals surface area contributed by atoms with Gasteiger partial charge in [0.15, 0.2) is 0 Å². The van der Waals surface area contributed by atoms with Gasteiger partial charge < -0.3 is 5.73 Å². The molecule has 0 heterocycles. The van der Waals surface area contributed by atoms with Gasteiger partial charge in [-0.2, -0.15) is 0 Å². The van der Waals surface area contributed by atoms with Crippen molar-refractivity contribution in [3.8, 4) is 0 Å². The fourth-order valence-corrected chi connectivity index (χ4v) is 3.95. The van der Waals surface area contributed by atoms with Crippen molar-refractivity contribution in [2.75, 3.05) is 10.5 Å². The molecular weight excluding hydrogens is 371 g/mol. The second kappa shape index (κ2) is 5.59. The minimum atomic E-state index is -3.86. The predicted molar refractivity (Wildman–Crippen MR) is 80.8 cm³/mol. The Kier molecular flexibility index (Phi) is 4.22. The van der Waals surface area contributed by atoms with Gasteiger partial charge in [0.25, 0.3) is 10.0 Å². The van der Waals surface area contributed by atoms with Gasteiger partial charge in [-0.3, -0.25) is 4.72 Å². The van der Waals surface area contributed by atoms with E-state index in [0.29, 0.717) is 10.2 Å². The largest absolute Gasteiger partial charge is 0.399 e. The molecule has 3 N–H and O–H groups in total. The quantitative estimate of drug-likeness (QED) is 0.800. The van der Waals surface area contributed by atoms with E-state index in [1.165, 1.54) is 24.3 Å². The molecule has 0 aliphatic carbocycles. The maximum Gasteiger partial charge on any atom is 0.263 e. The molecular formula is C12H9BrClFN2O2S. The topological polar surface area (TPSA) is 72.2 Å². The molecule has 0 saturated heterocycles. The van der Waals surface area contributed by atoms with Gasteiger partial charge in [-0.15, -0.1) is 0 Å². The van der Waals surface area contributed by atoms with Crippen molar-refractivity contribution in [1.29, 1.82) is 0 Å². The molecule has 0 radical (unpaired) electrons. The Morgan fingerprint density at radius 1 is 1.20 bits per heavy atom. The summed E-state index contributed by atoms with van der Waals surface area (Å²) < 4.78 is 40.0. The number of rotatable bonds is 3. The second-order valence-corrected chi connectivity index (χ2v) is 6.83. The molecule has 0 atom stereocenters. The van der Waals surface area contributed by atoms with E-state index in [2.05, 4.69) is 20.7 Å². The van der Waals surface area contributed by atoms with Crippen molar-refractivity contribution in [3.63, 3.8) is 0 Å². The number of halogens is 3. The van der Waals surface area contributed by atoms with Crippen LogP contribution in [0.3, 0.4) is 0 Å². The number of nitrogens with one attached hydrogen (secondary N) is 1. The highest BCUT2D eigenvalue weighted by Crippen LogP contribution is 2.29. The van der Waals surface area contributed by atoms with Crippen molar-refractivity contribution in [1.82, 2.24) is 0 Å². The van der Waals surface area contributed by atoms with Crippen molar-refractivity contribution < 1.29 is 12.8 Å². The Balaban J connectivity index is 2.41. The Morgan fingerprint density at radius 2 is 1.90 bits per heavy atom. The lowest BCUT2D eigenvalue weighted by molar-refractivity contribution is 0.600. The molecule has 0 fully saturated rings. The lowest BCUT2D eigenvalue weighted by Gasteiger charge is -2.11. The van der Waals surface area contributed by atoms with E-state index >= 15 is 0 Å². The first kappa shape index (κ1) is 15.1. The summed E-state index contributed by atoms with van der Waals surface area (Å²) in [4.78, 5) is 0.00657. The number of sulfonamides is 1. The first-order chi connectivity index (χ1) is 9.29. The molecule has 0 amide bonds. The summed E-state index contributed by atoms with van der Waals surface area (Å²) in [5.41, 5.74) is 6.08. The van der Waals surface area contributed by atoms with Gasteiger partial charge in [0.05, 0.1) is 10.7 Å². The van der Waals surface area contributed by atoms with Crippen molar-refractivity contribution >= 4 is 48.9 Å². The molecule has 4 nitrogen and oxygen atoms in total. The lowest BCUT2D eigenvalue weighted by atomic mass is 10.3. The first-order valence-electron chi connectivity index (χ1n) is 5.32. The average Bonchev–Trinajstić information content (AvgIpc) is 2.32. The summed E-state index contributed by atoms with van der Waals surface area (Å²) in [5, 5.41) is -0.0276. The van der Waals surface area contributed by atoms with E-state index in [-0.39, 0.29) is 15.6 Å². The number of nitrogens with two attached hydrogens (primary N) is 1. The third kappa shape index (κ3) is 3.23. The van der Waals surface area contributed by atoms with Crippen LogP contribution in [0.4, 0.5) is 15.8 Å². The number of benzene rings is 2. The Bertz CT molecular complexity index is 768. The number of hydrogen-bond donors (Lipinski definition) is 2. The first-order valence-corrected chi connectivity index (χ1v) is 7.98. The van der Waals surface area contributed by atoms with Gasteiger partial charge >= 0.3 is 0 Å². The van der Waals surface area contributed by atoms with Crippen molar-refractivity contribution in [2.45, 2.75) is 4.90 Å². The zero-order valence-corrected chi connectivity index (χ0v) is 13.1. The van der Waals surface area contributed by atoms with E-state index in [0.717, 1.165) is 12.1 Å².